The van der Waals surface area contributed by atoms with Crippen molar-refractivity contribution in [3.63, 3.8) is 0 Å². The summed E-state index contributed by atoms with van der Waals surface area (Å²) in [5.41, 5.74) is 2.51. The van der Waals surface area contributed by atoms with Crippen molar-refractivity contribution in [1.29, 1.82) is 0 Å². The van der Waals surface area contributed by atoms with Crippen LogP contribution >= 0.6 is 0 Å². The van der Waals surface area contributed by atoms with E-state index < -0.39 is 23.4 Å². The van der Waals surface area contributed by atoms with Crippen molar-refractivity contribution in [2.75, 3.05) is 13.1 Å². The third kappa shape index (κ3) is 11.5. The van der Waals surface area contributed by atoms with E-state index in [2.05, 4.69) is 25.9 Å². The van der Waals surface area contributed by atoms with Crippen LogP contribution in [0.4, 0.5) is 19.7 Å². The van der Waals surface area contributed by atoms with E-state index >= 15 is 0 Å². The summed E-state index contributed by atoms with van der Waals surface area (Å²) in [7, 11) is 0. The van der Waals surface area contributed by atoms with Crippen molar-refractivity contribution in [2.45, 2.75) is 78.9 Å². The van der Waals surface area contributed by atoms with Gasteiger partial charge < -0.3 is 14.8 Å². The Hall–Kier alpha value is -4.28. The van der Waals surface area contributed by atoms with Crippen LogP contribution in [0.2, 0.25) is 0 Å². The number of amides is 3. The average Bonchev–Trinajstić information content (AvgIpc) is 3.31. The van der Waals surface area contributed by atoms with E-state index in [1.807, 2.05) is 25.1 Å². The highest BCUT2D eigenvalue weighted by atomic mass is 19.1. The zero-order valence-corrected chi connectivity index (χ0v) is 26.0. The summed E-state index contributed by atoms with van der Waals surface area (Å²) in [5.74, 6) is -0.422. The van der Waals surface area contributed by atoms with Crippen LogP contribution in [0.15, 0.2) is 52.4 Å². The van der Waals surface area contributed by atoms with Crippen LogP contribution in [0.5, 0.6) is 0 Å². The number of benzene rings is 2. The van der Waals surface area contributed by atoms with Gasteiger partial charge in [0.05, 0.1) is 5.69 Å². The summed E-state index contributed by atoms with van der Waals surface area (Å²) < 4.78 is 23.8. The molecule has 1 aliphatic heterocycles. The molecule has 3 amide bonds. The molecule has 10 nitrogen and oxygen atoms in total. The van der Waals surface area contributed by atoms with Crippen molar-refractivity contribution < 1.29 is 28.2 Å². The lowest BCUT2D eigenvalue weighted by atomic mass is 10.0. The van der Waals surface area contributed by atoms with Gasteiger partial charge in [0.15, 0.2) is 0 Å². The summed E-state index contributed by atoms with van der Waals surface area (Å²) in [6, 6.07) is 12.1. The van der Waals surface area contributed by atoms with Crippen molar-refractivity contribution in [3.8, 4) is 11.1 Å². The second kappa shape index (κ2) is 14.3. The molecule has 232 valence electrons. The number of alkyl carbamates (subject to hydrolysis) is 2. The lowest BCUT2D eigenvalue weighted by Gasteiger charge is -2.22. The Morgan fingerprint density at radius 2 is 1.51 bits per heavy atom. The lowest BCUT2D eigenvalue weighted by molar-refractivity contribution is -0.115. The van der Waals surface area contributed by atoms with E-state index in [-0.39, 0.29) is 23.6 Å². The molecule has 0 bridgehead atoms. The molecule has 0 fully saturated rings. The van der Waals surface area contributed by atoms with Gasteiger partial charge in [0.1, 0.15) is 22.7 Å². The van der Waals surface area contributed by atoms with Gasteiger partial charge in [0.2, 0.25) is 5.96 Å². The summed E-state index contributed by atoms with van der Waals surface area (Å²) >= 11 is 0. The number of carbonyl (C=O) groups is 3. The van der Waals surface area contributed by atoms with E-state index in [9.17, 15) is 18.8 Å². The molecule has 0 saturated carbocycles. The SMILES string of the molecule is C[C@@H](CCCN=C(NC(=O)OC(C)(C)C)NC(=O)OC(C)(C)C)CNC(=O)C1=Nc2cc(-c3ccc(F)cc3)ccc2C1. The summed E-state index contributed by atoms with van der Waals surface area (Å²) in [4.78, 5) is 46.1. The normalized spacial score (nSPS) is 13.3. The number of carbonyl (C=O) groups excluding carboxylic acids is 3. The van der Waals surface area contributed by atoms with E-state index in [1.165, 1.54) is 12.1 Å². The molecular formula is C32H42FN5O5. The average molecular weight is 596 g/mol. The van der Waals surface area contributed by atoms with Gasteiger partial charge in [-0.25, -0.2) is 19.0 Å². The Morgan fingerprint density at radius 1 is 0.930 bits per heavy atom. The molecule has 43 heavy (non-hydrogen) atoms. The number of aliphatic imine (C=N–C) groups is 2. The number of halogens is 1. The fourth-order valence-corrected chi connectivity index (χ4v) is 4.15. The van der Waals surface area contributed by atoms with Gasteiger partial charge in [-0.1, -0.05) is 31.2 Å². The molecule has 0 unspecified atom stereocenters. The Morgan fingerprint density at radius 3 is 2.09 bits per heavy atom. The van der Waals surface area contributed by atoms with E-state index in [1.54, 1.807) is 53.7 Å². The molecule has 0 spiro atoms. The van der Waals surface area contributed by atoms with Gasteiger partial charge >= 0.3 is 12.2 Å². The quantitative estimate of drug-likeness (QED) is 0.194. The van der Waals surface area contributed by atoms with Gasteiger partial charge in [0.25, 0.3) is 5.91 Å². The zero-order valence-electron chi connectivity index (χ0n) is 26.0. The van der Waals surface area contributed by atoms with Gasteiger partial charge in [-0.15, -0.1) is 0 Å². The molecule has 0 aromatic heterocycles. The largest absolute Gasteiger partial charge is 0.444 e. The second-order valence-electron chi connectivity index (χ2n) is 12.5. The van der Waals surface area contributed by atoms with Crippen LogP contribution in [0.3, 0.4) is 0 Å². The first-order valence-corrected chi connectivity index (χ1v) is 14.4. The van der Waals surface area contributed by atoms with Gasteiger partial charge in [-0.2, -0.15) is 0 Å². The maximum absolute atomic E-state index is 13.3. The highest BCUT2D eigenvalue weighted by Gasteiger charge is 2.23. The van der Waals surface area contributed by atoms with Crippen LogP contribution in [-0.4, -0.2) is 54.1 Å². The molecule has 0 saturated heterocycles. The molecular weight excluding hydrogens is 553 g/mol. The van der Waals surface area contributed by atoms with Crippen molar-refractivity contribution in [2.24, 2.45) is 15.9 Å². The molecule has 1 aliphatic rings. The number of rotatable bonds is 8. The second-order valence-corrected chi connectivity index (χ2v) is 12.5. The number of ether oxygens (including phenoxy) is 2. The summed E-state index contributed by atoms with van der Waals surface area (Å²) in [5, 5.41) is 7.89. The standard InChI is InChI=1S/C32H42FN5O5/c1-20(9-8-16-34-28(37-29(40)42-31(2,3)4)38-30(41)43-32(5,6)7)19-35-27(39)26-18-23-11-10-22(17-25(23)36-26)21-12-14-24(33)15-13-21/h10-15,17,20H,8-9,16,18-19H2,1-7H3,(H,35,39)(H2,34,37,38,40,41)/t20-/m0/s1. The number of nitrogens with one attached hydrogen (secondary N) is 3. The van der Waals surface area contributed by atoms with Crippen LogP contribution in [0.25, 0.3) is 11.1 Å². The van der Waals surface area contributed by atoms with Crippen LogP contribution < -0.4 is 16.0 Å². The molecule has 2 aromatic rings. The Kier molecular flexibility index (Phi) is 11.0. The maximum Gasteiger partial charge on any atom is 0.414 e. The minimum absolute atomic E-state index is 0.0640. The van der Waals surface area contributed by atoms with Crippen molar-refractivity contribution in [3.05, 3.63) is 53.8 Å². The Bertz CT molecular complexity index is 1340. The predicted molar refractivity (Wildman–Crippen MR) is 165 cm³/mol. The number of hydrogen-bond donors (Lipinski definition) is 3. The number of fused-ring (bicyclic) bond motifs is 1. The zero-order chi connectivity index (χ0) is 31.8. The van der Waals surface area contributed by atoms with Crippen LogP contribution in [-0.2, 0) is 20.7 Å². The van der Waals surface area contributed by atoms with E-state index in [4.69, 9.17) is 9.47 Å². The Labute approximate surface area is 252 Å². The predicted octanol–water partition coefficient (Wildman–Crippen LogP) is 6.06. The third-order valence-corrected chi connectivity index (χ3v) is 6.11. The first kappa shape index (κ1) is 33.2. The number of nitrogens with zero attached hydrogens (tertiary/aromatic N) is 2. The minimum atomic E-state index is -0.748. The summed E-state index contributed by atoms with van der Waals surface area (Å²) in [6.45, 7) is 13.2. The van der Waals surface area contributed by atoms with E-state index in [0.29, 0.717) is 31.6 Å². The monoisotopic (exact) mass is 595 g/mol. The Balaban J connectivity index is 1.49. The lowest BCUT2D eigenvalue weighted by Crippen LogP contribution is -2.47. The van der Waals surface area contributed by atoms with Crippen LogP contribution in [0.1, 0.15) is 66.9 Å². The molecule has 1 heterocycles. The fraction of sp³-hybridized carbons (Fsp3) is 0.469. The van der Waals surface area contributed by atoms with Gasteiger partial charge in [0, 0.05) is 19.5 Å². The molecule has 3 N–H and O–H groups in total. The third-order valence-electron chi connectivity index (χ3n) is 6.11. The summed E-state index contributed by atoms with van der Waals surface area (Å²) in [6.07, 6.45) is 0.338. The molecule has 1 atom stereocenters. The van der Waals surface area contributed by atoms with Gasteiger partial charge in [-0.05, 0) is 95.2 Å². The van der Waals surface area contributed by atoms with Crippen molar-refractivity contribution in [1.82, 2.24) is 16.0 Å². The molecule has 2 aromatic carbocycles. The van der Waals surface area contributed by atoms with Crippen molar-refractivity contribution >= 4 is 35.5 Å². The maximum atomic E-state index is 13.3. The number of hydrogen-bond acceptors (Lipinski definition) is 7. The van der Waals surface area contributed by atoms with Gasteiger partial charge in [-0.3, -0.25) is 20.4 Å². The molecule has 0 aliphatic carbocycles. The van der Waals surface area contributed by atoms with E-state index in [0.717, 1.165) is 28.8 Å². The molecule has 3 rings (SSSR count). The first-order valence-electron chi connectivity index (χ1n) is 14.4. The fourth-order valence-electron chi connectivity index (χ4n) is 4.15. The smallest absolute Gasteiger partial charge is 0.414 e. The number of guanidine groups is 1. The molecule has 11 heteroatoms. The van der Waals surface area contributed by atoms with Crippen LogP contribution in [0, 0.1) is 11.7 Å². The minimum Gasteiger partial charge on any atom is -0.444 e. The highest BCUT2D eigenvalue weighted by molar-refractivity contribution is 6.40. The highest BCUT2D eigenvalue weighted by Crippen LogP contribution is 2.32. The topological polar surface area (TPSA) is 130 Å². The first-order chi connectivity index (χ1) is 20.1. The molecule has 0 radical (unpaired) electrons.